The first-order valence-electron chi connectivity index (χ1n) is 51.8. The minimum absolute atomic E-state index is 0. The zero-order chi connectivity index (χ0) is 102. The molecule has 0 N–H and O–H groups in total. The molecule has 6 atom stereocenters. The van der Waals surface area contributed by atoms with E-state index in [2.05, 4.69) is 470 Å². The van der Waals surface area contributed by atoms with Crippen molar-refractivity contribution in [3.8, 4) is 0 Å². The summed E-state index contributed by atoms with van der Waals surface area (Å²) in [5.74, 6) is 3.18. The van der Waals surface area contributed by atoms with Gasteiger partial charge < -0.3 is 20.2 Å². The number of hydrogen-bond acceptors (Lipinski definition) is 3. The molecule has 758 valence electrons. The molecule has 0 bridgehead atoms. The molecule has 0 aliphatic rings. The fourth-order valence-corrected chi connectivity index (χ4v) is 21.7. The quantitative estimate of drug-likeness (QED) is 0.00950. The van der Waals surface area contributed by atoms with Crippen molar-refractivity contribution >= 4 is 71.0 Å². The van der Waals surface area contributed by atoms with Gasteiger partial charge in [-0.1, -0.05) is 502 Å². The summed E-state index contributed by atoms with van der Waals surface area (Å²) in [6.07, 6.45) is 34.0. The topological polar surface area (TPSA) is 27.7 Å². The second kappa shape index (κ2) is 70.1. The third kappa shape index (κ3) is 53.5. The van der Waals surface area contributed by atoms with Crippen molar-refractivity contribution in [2.75, 3.05) is 19.8 Å². The minimum Gasteiger partial charge on any atom is -0.419 e. The summed E-state index contributed by atoms with van der Waals surface area (Å²) in [6.45, 7) is 77.1. The molecule has 0 aromatic heterocycles. The molecule has 140 heavy (non-hydrogen) atoms. The Hall–Kier alpha value is -5.81. The van der Waals surface area contributed by atoms with E-state index in [1.165, 1.54) is 136 Å². The van der Waals surface area contributed by atoms with Crippen LogP contribution in [-0.4, -0.2) is 52.8 Å². The Morgan fingerprint density at radius 1 is 0.350 bits per heavy atom. The molecule has 0 amide bonds. The van der Waals surface area contributed by atoms with Crippen LogP contribution in [0, 0.1) is 13.8 Å². The molecule has 0 saturated carbocycles. The fourth-order valence-electron chi connectivity index (χ4n) is 15.8. The minimum atomic E-state index is -1.72. The summed E-state index contributed by atoms with van der Waals surface area (Å²) in [5, 5.41) is 3.21. The maximum atomic E-state index is 6.57. The molecule has 9 rings (SSSR count). The fraction of sp³-hybridized carbons (Fsp3) is 0.473. The van der Waals surface area contributed by atoms with Crippen molar-refractivity contribution in [1.82, 2.24) is 0 Å². The molecule has 3 nitrogen and oxygen atoms in total. The molecule has 0 fully saturated rings. The number of allylic oxidation sites excluding steroid dienone is 8. The molecule has 6 unspecified atom stereocenters. The maximum Gasteiger partial charge on any atom is 1.00 e. The van der Waals surface area contributed by atoms with E-state index in [-0.39, 0.29) is 55.2 Å². The van der Waals surface area contributed by atoms with E-state index in [1.807, 2.05) is 43.3 Å². The SMILES string of the molecule is BrCc1ccc(CBr)cc1.C.C/C(=C\CC(CC(CCCCO[Si](C)(C)C(C)(C)C)c1ccccc1)c1ccccc1)CCc1ccc(CC/C(C)=C/CC(CC(CCCC[Si](C)(C)C(C)(C)C)c2ccccc2)c2ccccc2)cc1.C=CC(=C)C.C=Cc1ccccc1.[CH2-]/C(C)=C/CC(CC(CCCCO[Si](C)(C)C(C)(C)C)c1ccccc1)c1ccccc1.[CH2-]CCO[Si](C)(C)C(C)(C)C.[Li+].[Li+]. The third-order valence-corrected chi connectivity index (χ3v) is 50.0. The average Bonchev–Trinajstić information content (AvgIpc) is 0.860. The molecule has 0 spiro atoms. The van der Waals surface area contributed by atoms with Crippen molar-refractivity contribution in [3.05, 3.63) is 402 Å². The predicted molar refractivity (Wildman–Crippen MR) is 635 cm³/mol. The van der Waals surface area contributed by atoms with Gasteiger partial charge in [-0.05, 0) is 267 Å². The van der Waals surface area contributed by atoms with Gasteiger partial charge in [0.25, 0.3) is 0 Å². The Bertz CT molecular complexity index is 4750. The second-order valence-corrected chi connectivity index (χ2v) is 66.1. The van der Waals surface area contributed by atoms with Gasteiger partial charge >= 0.3 is 37.7 Å². The van der Waals surface area contributed by atoms with E-state index in [1.54, 1.807) is 6.08 Å². The largest absolute Gasteiger partial charge is 1.00 e. The van der Waals surface area contributed by atoms with E-state index in [4.69, 9.17) is 13.3 Å². The van der Waals surface area contributed by atoms with Crippen LogP contribution < -0.4 is 37.7 Å². The Kier molecular flexibility index (Phi) is 66.2. The Balaban J connectivity index is 0.00000115. The first-order chi connectivity index (χ1) is 64.8. The van der Waals surface area contributed by atoms with Crippen LogP contribution in [0.1, 0.15) is 330 Å². The van der Waals surface area contributed by atoms with Crippen LogP contribution in [0.25, 0.3) is 6.08 Å². The summed E-state index contributed by atoms with van der Waals surface area (Å²) in [5.41, 5.74) is 20.7. The first-order valence-corrected chi connectivity index (χ1v) is 66.0. The van der Waals surface area contributed by atoms with Crippen LogP contribution in [0.3, 0.4) is 0 Å². The number of hydrogen-bond donors (Lipinski definition) is 0. The number of unbranched alkanes of at least 4 members (excludes halogenated alkanes) is 3. The molecule has 0 aliphatic heterocycles. The monoisotopic (exact) mass is 2070 g/mol. The van der Waals surface area contributed by atoms with Crippen molar-refractivity contribution in [2.45, 2.75) is 371 Å². The third-order valence-electron chi connectivity index (χ3n) is 29.4. The number of benzene rings is 9. The number of rotatable bonds is 48. The summed E-state index contributed by atoms with van der Waals surface area (Å²) in [4.78, 5) is 0. The smallest absolute Gasteiger partial charge is 0.419 e. The van der Waals surface area contributed by atoms with Crippen LogP contribution in [0.5, 0.6) is 0 Å². The molecule has 0 heterocycles. The molecule has 11 heteroatoms. The van der Waals surface area contributed by atoms with Crippen LogP contribution in [0.4, 0.5) is 0 Å². The predicted octanol–water partition coefficient (Wildman–Crippen LogP) is 35.7. The van der Waals surface area contributed by atoms with Crippen LogP contribution in [-0.2, 0) is 36.8 Å². The van der Waals surface area contributed by atoms with Gasteiger partial charge in [0, 0.05) is 30.5 Å². The van der Waals surface area contributed by atoms with Gasteiger partial charge in [0.2, 0.25) is 0 Å². The van der Waals surface area contributed by atoms with Gasteiger partial charge in [0.15, 0.2) is 25.0 Å². The van der Waals surface area contributed by atoms with Gasteiger partial charge in [0.1, 0.15) is 0 Å². The van der Waals surface area contributed by atoms with Crippen molar-refractivity contribution in [3.63, 3.8) is 0 Å². The number of alkyl halides is 2. The Labute approximate surface area is 907 Å². The standard InChI is InChI=1S/C68H98OSi2.C30H45OSi.C9H21OSi.C8H8Br2.C8H8.C5H8.CH4.2Li/c1-55(41-49-65(61-33-21-15-22-34-61)53-63(59-29-17-13-18-30-59)37-25-27-51-69-71(11,12)68(6,7)8)39-43-57-45-47-58(48-46-57)44-40-56(2)42-50-66(62-35-23-16-24-36-62)54-64(60-31-19-14-20-32-60)38-26-28-52-70(9,10)67(3,4)5;1-25(2)21-22-29(27-18-12-9-13-19-27)24-28(26-16-10-8-11-17-26)20-14-15-23-31-32(6,7)30(3,4)5;1-7-8-10-11(5,6)9(2,3)4;9-5-7-1-2-8(6-10)4-3-7;1-2-8-6-4-3-5-7-8;1-4-5(2)3;;;/h13-24,29-36,41-42,45-48,63-66H,25-28,37-40,43-44,49-54H2,1-12H3;8-13,16-19,21,28-29H,1,14-15,20,22-24H2,2-7H3;1,7-8H2,2-6H3;1-4H,5-6H2;2-7H,1H2;4H,1-2H2,3H3;1H4;;/q;2*-1;;;;;2*+1/b55-41+,56-42+;25-21-;;;;;;;. The zero-order valence-corrected chi connectivity index (χ0v) is 99.7. The average molecular weight is 2080 g/mol. The summed E-state index contributed by atoms with van der Waals surface area (Å²) in [6, 6.07) is 97.0. The Morgan fingerprint density at radius 3 is 0.836 bits per heavy atom. The normalized spacial score (nSPS) is 13.4. The maximum absolute atomic E-state index is 6.57. The van der Waals surface area contributed by atoms with Crippen LogP contribution in [0.15, 0.2) is 327 Å². The molecule has 0 radical (unpaired) electrons. The van der Waals surface area contributed by atoms with E-state index in [0.717, 1.165) is 112 Å². The molecular formula is C129H192Br2Li2O3Si4. The molecular weight excluding hydrogens is 1880 g/mol. The van der Waals surface area contributed by atoms with Crippen LogP contribution in [0.2, 0.25) is 78.6 Å². The number of halogens is 2. The van der Waals surface area contributed by atoms with E-state index < -0.39 is 33.0 Å². The van der Waals surface area contributed by atoms with E-state index in [0.29, 0.717) is 45.6 Å². The van der Waals surface area contributed by atoms with Gasteiger partial charge in [-0.15, -0.1) is 0 Å². The second-order valence-electron chi connectivity index (χ2n) is 44.8. The van der Waals surface area contributed by atoms with Gasteiger partial charge in [-0.3, -0.25) is 0 Å². The molecule has 0 aliphatic carbocycles. The van der Waals surface area contributed by atoms with Gasteiger partial charge in [-0.25, -0.2) is 18.6 Å². The van der Waals surface area contributed by atoms with Gasteiger partial charge in [-0.2, -0.15) is 6.42 Å². The zero-order valence-electron chi connectivity index (χ0n) is 92.6. The van der Waals surface area contributed by atoms with E-state index >= 15 is 0 Å². The number of aryl methyl sites for hydroxylation is 2. The summed E-state index contributed by atoms with van der Waals surface area (Å²) >= 11 is 6.78. The van der Waals surface area contributed by atoms with Crippen molar-refractivity contribution < 1.29 is 51.0 Å². The molecule has 0 saturated heterocycles. The summed E-state index contributed by atoms with van der Waals surface area (Å²) < 4.78 is 18.8. The first kappa shape index (κ1) is 132. The van der Waals surface area contributed by atoms with Gasteiger partial charge in [0.05, 0.1) is 8.07 Å². The molecule has 9 aromatic rings. The van der Waals surface area contributed by atoms with Crippen LogP contribution >= 0.6 is 31.9 Å². The summed E-state index contributed by atoms with van der Waals surface area (Å²) in [7, 11) is -6.09. The van der Waals surface area contributed by atoms with E-state index in [9.17, 15) is 0 Å². The Morgan fingerprint density at radius 2 is 0.600 bits per heavy atom. The molecule has 9 aromatic carbocycles. The van der Waals surface area contributed by atoms with Crippen molar-refractivity contribution in [1.29, 1.82) is 0 Å². The van der Waals surface area contributed by atoms with Crippen molar-refractivity contribution in [2.24, 2.45) is 0 Å².